The molecule has 0 saturated carbocycles. The number of rotatable bonds is 7. The van der Waals surface area contributed by atoms with Crippen LogP contribution in [0.1, 0.15) is 34.3 Å². The number of carbonyl (C=O) groups excluding carboxylic acids is 2. The molecule has 134 valence electrons. The lowest BCUT2D eigenvalue weighted by molar-refractivity contribution is -0.147. The molecule has 0 fully saturated rings. The topological polar surface area (TPSA) is 55.4 Å². The summed E-state index contributed by atoms with van der Waals surface area (Å²) in [6.07, 6.45) is -4.14. The van der Waals surface area contributed by atoms with Crippen LogP contribution in [0.15, 0.2) is 41.1 Å². The maximum Gasteiger partial charge on any atom is 0.416 e. The standard InChI is InChI=1S/C17H16F3NO3S/c18-17(19,20)14-5-2-1-4-12(14)10-24-15(22)6-3-8-21-16(23)13-7-9-25-11-13/h1-2,4-5,7,9,11H,3,6,8,10H2,(H,21,23). The van der Waals surface area contributed by atoms with Gasteiger partial charge >= 0.3 is 12.1 Å². The predicted octanol–water partition coefficient (Wildman–Crippen LogP) is 4.02. The van der Waals surface area contributed by atoms with Gasteiger partial charge in [0, 0.05) is 29.5 Å². The third kappa shape index (κ3) is 5.90. The fourth-order valence-electron chi connectivity index (χ4n) is 2.08. The molecule has 1 aromatic carbocycles. The lowest BCUT2D eigenvalue weighted by Gasteiger charge is -2.12. The Hall–Kier alpha value is -2.35. The first-order valence-electron chi connectivity index (χ1n) is 7.49. The average molecular weight is 371 g/mol. The number of halogens is 3. The molecule has 0 bridgehead atoms. The van der Waals surface area contributed by atoms with Crippen LogP contribution < -0.4 is 5.32 Å². The summed E-state index contributed by atoms with van der Waals surface area (Å²) >= 11 is 1.40. The lowest BCUT2D eigenvalue weighted by Crippen LogP contribution is -2.24. The first-order chi connectivity index (χ1) is 11.9. The van der Waals surface area contributed by atoms with Crippen LogP contribution in [0.25, 0.3) is 0 Å². The summed E-state index contributed by atoms with van der Waals surface area (Å²) in [5.41, 5.74) is -0.351. The van der Waals surface area contributed by atoms with Crippen LogP contribution in [-0.4, -0.2) is 18.4 Å². The number of thiophene rings is 1. The minimum absolute atomic E-state index is 0.0120. The smallest absolute Gasteiger partial charge is 0.416 e. The molecule has 4 nitrogen and oxygen atoms in total. The Kier molecular flexibility index (Phi) is 6.58. The van der Waals surface area contributed by atoms with Crippen molar-refractivity contribution >= 4 is 23.2 Å². The molecule has 0 aliphatic rings. The largest absolute Gasteiger partial charge is 0.461 e. The van der Waals surface area contributed by atoms with Gasteiger partial charge in [0.15, 0.2) is 0 Å². The molecule has 0 atom stereocenters. The van der Waals surface area contributed by atoms with E-state index in [4.69, 9.17) is 4.74 Å². The monoisotopic (exact) mass is 371 g/mol. The summed E-state index contributed by atoms with van der Waals surface area (Å²) in [6, 6.07) is 6.65. The van der Waals surface area contributed by atoms with Crippen molar-refractivity contribution in [2.24, 2.45) is 0 Å². The second kappa shape index (κ2) is 8.66. The molecule has 0 radical (unpaired) electrons. The normalized spacial score (nSPS) is 11.2. The maximum absolute atomic E-state index is 12.8. The third-order valence-corrected chi connectivity index (χ3v) is 4.02. The molecule has 0 aliphatic carbocycles. The van der Waals surface area contributed by atoms with Crippen molar-refractivity contribution in [3.8, 4) is 0 Å². The minimum Gasteiger partial charge on any atom is -0.461 e. The van der Waals surface area contributed by atoms with E-state index in [-0.39, 0.29) is 24.4 Å². The van der Waals surface area contributed by atoms with Gasteiger partial charge in [-0.1, -0.05) is 18.2 Å². The highest BCUT2D eigenvalue weighted by Crippen LogP contribution is 2.32. The Morgan fingerprint density at radius 3 is 2.60 bits per heavy atom. The number of hydrogen-bond donors (Lipinski definition) is 1. The molecule has 0 aliphatic heterocycles. The molecule has 1 N–H and O–H groups in total. The SMILES string of the molecule is O=C(CCCNC(=O)c1ccsc1)OCc1ccccc1C(F)(F)F. The fraction of sp³-hybridized carbons (Fsp3) is 0.294. The van der Waals surface area contributed by atoms with Crippen molar-refractivity contribution in [1.29, 1.82) is 0 Å². The first kappa shape index (κ1) is 19.0. The number of carbonyl (C=O) groups is 2. The van der Waals surface area contributed by atoms with Crippen LogP contribution in [0, 0.1) is 0 Å². The summed E-state index contributed by atoms with van der Waals surface area (Å²) in [5.74, 6) is -0.838. The van der Waals surface area contributed by atoms with Crippen LogP contribution in [0.5, 0.6) is 0 Å². The Labute approximate surface area is 146 Å². The van der Waals surface area contributed by atoms with Crippen molar-refractivity contribution in [3.05, 3.63) is 57.8 Å². The molecule has 1 amide bonds. The maximum atomic E-state index is 12.8. The van der Waals surface area contributed by atoms with Crippen molar-refractivity contribution in [2.75, 3.05) is 6.54 Å². The highest BCUT2D eigenvalue weighted by molar-refractivity contribution is 7.08. The Balaban J connectivity index is 1.72. The van der Waals surface area contributed by atoms with Crippen LogP contribution in [0.2, 0.25) is 0 Å². The summed E-state index contributed by atoms with van der Waals surface area (Å²) in [7, 11) is 0. The van der Waals surface area contributed by atoms with Crippen LogP contribution >= 0.6 is 11.3 Å². The number of amides is 1. The van der Waals surface area contributed by atoms with Crippen molar-refractivity contribution < 1.29 is 27.5 Å². The van der Waals surface area contributed by atoms with Crippen LogP contribution in [0.3, 0.4) is 0 Å². The Bertz CT molecular complexity index is 714. The average Bonchev–Trinajstić information content (AvgIpc) is 3.11. The number of benzene rings is 1. The molecule has 2 aromatic rings. The number of esters is 1. The van der Waals surface area contributed by atoms with Gasteiger partial charge in [-0.3, -0.25) is 9.59 Å². The zero-order chi connectivity index (χ0) is 18.3. The van der Waals surface area contributed by atoms with Gasteiger partial charge < -0.3 is 10.1 Å². The van der Waals surface area contributed by atoms with Gasteiger partial charge in [0.05, 0.1) is 5.56 Å². The molecule has 8 heteroatoms. The van der Waals surface area contributed by atoms with E-state index in [9.17, 15) is 22.8 Å². The van der Waals surface area contributed by atoms with Gasteiger partial charge in [-0.2, -0.15) is 24.5 Å². The van der Waals surface area contributed by atoms with E-state index in [0.717, 1.165) is 6.07 Å². The van der Waals surface area contributed by atoms with Crippen molar-refractivity contribution in [2.45, 2.75) is 25.6 Å². The van der Waals surface area contributed by atoms with E-state index in [0.29, 0.717) is 12.0 Å². The van der Waals surface area contributed by atoms with E-state index in [1.165, 1.54) is 29.5 Å². The van der Waals surface area contributed by atoms with Crippen LogP contribution in [-0.2, 0) is 22.3 Å². The zero-order valence-electron chi connectivity index (χ0n) is 13.1. The summed E-state index contributed by atoms with van der Waals surface area (Å²) in [4.78, 5) is 23.3. The summed E-state index contributed by atoms with van der Waals surface area (Å²) in [6.45, 7) is -0.154. The van der Waals surface area contributed by atoms with Crippen molar-refractivity contribution in [3.63, 3.8) is 0 Å². The molecule has 0 unspecified atom stereocenters. The molecule has 25 heavy (non-hydrogen) atoms. The fourth-order valence-corrected chi connectivity index (χ4v) is 2.72. The molecule has 2 rings (SSSR count). The lowest BCUT2D eigenvalue weighted by atomic mass is 10.1. The van der Waals surface area contributed by atoms with Crippen LogP contribution in [0.4, 0.5) is 13.2 Å². The number of hydrogen-bond acceptors (Lipinski definition) is 4. The third-order valence-electron chi connectivity index (χ3n) is 3.34. The van der Waals surface area contributed by atoms with Crippen molar-refractivity contribution in [1.82, 2.24) is 5.32 Å². The molecular formula is C17H16F3NO3S. The molecule has 0 saturated heterocycles. The minimum atomic E-state index is -4.49. The van der Waals surface area contributed by atoms with E-state index in [2.05, 4.69) is 5.32 Å². The summed E-state index contributed by atoms with van der Waals surface area (Å²) in [5, 5.41) is 6.15. The molecular weight excluding hydrogens is 355 g/mol. The second-order valence-electron chi connectivity index (χ2n) is 5.19. The zero-order valence-corrected chi connectivity index (χ0v) is 14.0. The van der Waals surface area contributed by atoms with E-state index in [1.807, 2.05) is 0 Å². The van der Waals surface area contributed by atoms with Gasteiger partial charge in [0.25, 0.3) is 5.91 Å². The number of alkyl halides is 3. The summed E-state index contributed by atoms with van der Waals surface area (Å²) < 4.78 is 43.4. The van der Waals surface area contributed by atoms with Gasteiger partial charge in [0.1, 0.15) is 6.61 Å². The highest BCUT2D eigenvalue weighted by atomic mass is 32.1. The number of ether oxygens (including phenoxy) is 1. The predicted molar refractivity (Wildman–Crippen MR) is 87.1 cm³/mol. The Morgan fingerprint density at radius 2 is 1.92 bits per heavy atom. The second-order valence-corrected chi connectivity index (χ2v) is 5.97. The molecule has 0 spiro atoms. The number of nitrogens with one attached hydrogen (secondary N) is 1. The van der Waals surface area contributed by atoms with E-state index >= 15 is 0 Å². The van der Waals surface area contributed by atoms with Gasteiger partial charge in [-0.15, -0.1) is 0 Å². The van der Waals surface area contributed by atoms with E-state index < -0.39 is 24.3 Å². The first-order valence-corrected chi connectivity index (χ1v) is 8.43. The Morgan fingerprint density at radius 1 is 1.16 bits per heavy atom. The highest BCUT2D eigenvalue weighted by Gasteiger charge is 2.33. The quantitative estimate of drug-likeness (QED) is 0.591. The van der Waals surface area contributed by atoms with Gasteiger partial charge in [0.2, 0.25) is 0 Å². The van der Waals surface area contributed by atoms with Gasteiger partial charge in [-0.05, 0) is 23.9 Å². The molecule has 1 heterocycles. The van der Waals surface area contributed by atoms with Gasteiger partial charge in [-0.25, -0.2) is 0 Å². The molecule has 1 aromatic heterocycles. The van der Waals surface area contributed by atoms with E-state index in [1.54, 1.807) is 16.8 Å².